The van der Waals surface area contributed by atoms with Gasteiger partial charge in [0.2, 0.25) is 0 Å². The van der Waals surface area contributed by atoms with Gasteiger partial charge in [0.25, 0.3) is 10.1 Å². The Morgan fingerprint density at radius 1 is 1.12 bits per heavy atom. The molecule has 84 valence electrons. The molecule has 0 aliphatic heterocycles. The lowest BCUT2D eigenvalue weighted by Crippen LogP contribution is -1.98. The third kappa shape index (κ3) is 1.68. The van der Waals surface area contributed by atoms with Crippen LogP contribution < -0.4 is 5.73 Å². The van der Waals surface area contributed by atoms with Gasteiger partial charge in [0, 0.05) is 11.1 Å². The van der Waals surface area contributed by atoms with Crippen molar-refractivity contribution in [1.82, 2.24) is 0 Å². The lowest BCUT2D eigenvalue weighted by molar-refractivity contribution is 0.448. The van der Waals surface area contributed by atoms with Crippen LogP contribution in [-0.2, 0) is 10.1 Å². The largest absolute Gasteiger partial charge is 0.506 e. The van der Waals surface area contributed by atoms with Gasteiger partial charge in [-0.05, 0) is 29.7 Å². The molecule has 0 spiro atoms. The van der Waals surface area contributed by atoms with Crippen molar-refractivity contribution >= 4 is 26.6 Å². The van der Waals surface area contributed by atoms with Gasteiger partial charge < -0.3 is 10.8 Å². The maximum Gasteiger partial charge on any atom is 0.298 e. The second kappa shape index (κ2) is 3.36. The second-order valence-corrected chi connectivity index (χ2v) is 4.76. The molecule has 0 saturated carbocycles. The Balaban J connectivity index is 2.86. The average Bonchev–Trinajstić information content (AvgIpc) is 2.15. The van der Waals surface area contributed by atoms with Crippen LogP contribution in [0.25, 0.3) is 10.8 Å². The van der Waals surface area contributed by atoms with E-state index in [-0.39, 0.29) is 0 Å². The Hall–Kier alpha value is -1.79. The molecule has 2 aromatic rings. The molecule has 2 rings (SSSR count). The quantitative estimate of drug-likeness (QED) is 0.515. The number of phenols is 1. The van der Waals surface area contributed by atoms with E-state index in [0.29, 0.717) is 16.5 Å². The van der Waals surface area contributed by atoms with E-state index in [9.17, 15) is 13.5 Å². The lowest BCUT2D eigenvalue weighted by atomic mass is 10.1. The third-order valence-electron chi connectivity index (χ3n) is 2.26. The highest BCUT2D eigenvalue weighted by Gasteiger charge is 2.17. The van der Waals surface area contributed by atoms with E-state index in [2.05, 4.69) is 0 Å². The molecule has 0 aliphatic rings. The summed E-state index contributed by atoms with van der Waals surface area (Å²) < 4.78 is 30.7. The Morgan fingerprint density at radius 3 is 2.44 bits per heavy atom. The SMILES string of the molecule is Nc1ccc2c(O)c(S(=O)(=O)O)ccc2c1. The summed E-state index contributed by atoms with van der Waals surface area (Å²) in [5, 5.41) is 10.6. The van der Waals surface area contributed by atoms with Crippen LogP contribution in [0.5, 0.6) is 5.75 Å². The van der Waals surface area contributed by atoms with Crippen LogP contribution >= 0.6 is 0 Å². The average molecular weight is 239 g/mol. The van der Waals surface area contributed by atoms with Crippen molar-refractivity contribution in [3.63, 3.8) is 0 Å². The molecular formula is C10H9NO4S. The van der Waals surface area contributed by atoms with Gasteiger partial charge in [0.15, 0.2) is 0 Å². The zero-order chi connectivity index (χ0) is 11.9. The third-order valence-corrected chi connectivity index (χ3v) is 3.14. The van der Waals surface area contributed by atoms with Crippen molar-refractivity contribution in [2.75, 3.05) is 5.73 Å². The fourth-order valence-electron chi connectivity index (χ4n) is 1.52. The Morgan fingerprint density at radius 2 is 1.81 bits per heavy atom. The number of aromatic hydroxyl groups is 1. The summed E-state index contributed by atoms with van der Waals surface area (Å²) in [5.41, 5.74) is 6.05. The number of anilines is 1. The molecular weight excluding hydrogens is 230 g/mol. The fourth-order valence-corrected chi connectivity index (χ4v) is 2.11. The van der Waals surface area contributed by atoms with Crippen molar-refractivity contribution in [1.29, 1.82) is 0 Å². The zero-order valence-corrected chi connectivity index (χ0v) is 8.90. The monoisotopic (exact) mass is 239 g/mol. The predicted molar refractivity (Wildman–Crippen MR) is 59.8 cm³/mol. The first kappa shape index (κ1) is 10.7. The molecule has 0 radical (unpaired) electrons. The molecule has 5 nitrogen and oxygen atoms in total. The number of fused-ring (bicyclic) bond motifs is 1. The summed E-state index contributed by atoms with van der Waals surface area (Å²) in [4.78, 5) is -0.509. The highest BCUT2D eigenvalue weighted by molar-refractivity contribution is 7.86. The summed E-state index contributed by atoms with van der Waals surface area (Å²) in [6.45, 7) is 0. The first-order chi connectivity index (χ1) is 7.39. The molecule has 2 aromatic carbocycles. The van der Waals surface area contributed by atoms with Gasteiger partial charge >= 0.3 is 0 Å². The summed E-state index contributed by atoms with van der Waals surface area (Å²) in [7, 11) is -4.42. The van der Waals surface area contributed by atoms with Crippen LogP contribution in [0, 0.1) is 0 Å². The minimum Gasteiger partial charge on any atom is -0.506 e. The molecule has 16 heavy (non-hydrogen) atoms. The van der Waals surface area contributed by atoms with Gasteiger partial charge in [-0.3, -0.25) is 4.55 Å². The molecule has 6 heteroatoms. The summed E-state index contributed by atoms with van der Waals surface area (Å²) >= 11 is 0. The second-order valence-electron chi connectivity index (χ2n) is 3.37. The minimum absolute atomic E-state index is 0.323. The van der Waals surface area contributed by atoms with E-state index in [1.807, 2.05) is 0 Å². The Bertz CT molecular complexity index is 664. The fraction of sp³-hybridized carbons (Fsp3) is 0. The van der Waals surface area contributed by atoms with Crippen LogP contribution in [0.4, 0.5) is 5.69 Å². The molecule has 0 unspecified atom stereocenters. The predicted octanol–water partition coefficient (Wildman–Crippen LogP) is 1.37. The molecule has 0 heterocycles. The first-order valence-electron chi connectivity index (χ1n) is 4.38. The number of hydrogen-bond acceptors (Lipinski definition) is 4. The number of benzene rings is 2. The van der Waals surface area contributed by atoms with Crippen LogP contribution in [0.2, 0.25) is 0 Å². The van der Waals surface area contributed by atoms with Crippen molar-refractivity contribution in [2.24, 2.45) is 0 Å². The molecule has 4 N–H and O–H groups in total. The molecule has 0 saturated heterocycles. The number of nitrogen functional groups attached to an aromatic ring is 1. The van der Waals surface area contributed by atoms with Crippen molar-refractivity contribution in [3.05, 3.63) is 30.3 Å². The molecule has 0 atom stereocenters. The van der Waals surface area contributed by atoms with Gasteiger partial charge in [0.05, 0.1) is 0 Å². The van der Waals surface area contributed by atoms with Gasteiger partial charge in [-0.15, -0.1) is 0 Å². The van der Waals surface area contributed by atoms with E-state index < -0.39 is 20.8 Å². The van der Waals surface area contributed by atoms with Gasteiger partial charge in [0.1, 0.15) is 10.6 Å². The standard InChI is InChI=1S/C10H9NO4S/c11-7-2-3-8-6(5-7)1-4-9(10(8)12)16(13,14)15/h1-5,12H,11H2,(H,13,14,15). The maximum absolute atomic E-state index is 10.9. The van der Waals surface area contributed by atoms with E-state index in [0.717, 1.165) is 6.07 Å². The van der Waals surface area contributed by atoms with Crippen LogP contribution in [0.15, 0.2) is 35.2 Å². The molecule has 0 amide bonds. The number of rotatable bonds is 1. The van der Waals surface area contributed by atoms with Crippen molar-refractivity contribution in [2.45, 2.75) is 4.90 Å². The molecule has 0 aliphatic carbocycles. The first-order valence-corrected chi connectivity index (χ1v) is 5.82. The maximum atomic E-state index is 10.9. The van der Waals surface area contributed by atoms with E-state index in [4.69, 9.17) is 10.3 Å². The summed E-state index contributed by atoms with van der Waals surface area (Å²) in [6.07, 6.45) is 0. The van der Waals surface area contributed by atoms with Crippen LogP contribution in [0.3, 0.4) is 0 Å². The lowest BCUT2D eigenvalue weighted by Gasteiger charge is -2.05. The van der Waals surface area contributed by atoms with Gasteiger partial charge in [-0.1, -0.05) is 6.07 Å². The molecule has 0 bridgehead atoms. The number of hydrogen-bond donors (Lipinski definition) is 3. The molecule has 0 aromatic heterocycles. The number of nitrogens with two attached hydrogens (primary N) is 1. The summed E-state index contributed by atoms with van der Waals surface area (Å²) in [6, 6.07) is 7.23. The van der Waals surface area contributed by atoms with Gasteiger partial charge in [-0.25, -0.2) is 0 Å². The van der Waals surface area contributed by atoms with E-state index >= 15 is 0 Å². The molecule has 0 fully saturated rings. The Labute approximate surface area is 91.9 Å². The zero-order valence-electron chi connectivity index (χ0n) is 8.08. The smallest absolute Gasteiger partial charge is 0.298 e. The highest BCUT2D eigenvalue weighted by atomic mass is 32.2. The highest BCUT2D eigenvalue weighted by Crippen LogP contribution is 2.32. The number of phenolic OH excluding ortho intramolecular Hbond substituents is 1. The van der Waals surface area contributed by atoms with E-state index in [1.54, 1.807) is 6.07 Å². The van der Waals surface area contributed by atoms with E-state index in [1.165, 1.54) is 18.2 Å². The minimum atomic E-state index is -4.42. The van der Waals surface area contributed by atoms with Crippen LogP contribution in [-0.4, -0.2) is 18.1 Å². The normalized spacial score (nSPS) is 11.8. The van der Waals surface area contributed by atoms with Gasteiger partial charge in [-0.2, -0.15) is 8.42 Å². The summed E-state index contributed by atoms with van der Waals surface area (Å²) in [5.74, 6) is -0.472. The van der Waals surface area contributed by atoms with Crippen molar-refractivity contribution < 1.29 is 18.1 Å². The van der Waals surface area contributed by atoms with Crippen molar-refractivity contribution in [3.8, 4) is 5.75 Å². The van der Waals surface area contributed by atoms with Crippen LogP contribution in [0.1, 0.15) is 0 Å². The Kier molecular flexibility index (Phi) is 2.25. The topological polar surface area (TPSA) is 101 Å².